The summed E-state index contributed by atoms with van der Waals surface area (Å²) in [4.78, 5) is 0. The van der Waals surface area contributed by atoms with Crippen molar-refractivity contribution in [2.75, 3.05) is 6.54 Å². The van der Waals surface area contributed by atoms with Gasteiger partial charge < -0.3 is 10.4 Å². The van der Waals surface area contributed by atoms with Crippen molar-refractivity contribution in [3.63, 3.8) is 0 Å². The fourth-order valence-corrected chi connectivity index (χ4v) is 3.14. The molecule has 2 rings (SSSR count). The first-order valence-electron chi connectivity index (χ1n) is 7.39. The Balaban J connectivity index is 1.79. The molecule has 1 aliphatic carbocycles. The first-order chi connectivity index (χ1) is 9.52. The van der Waals surface area contributed by atoms with Gasteiger partial charge in [0.15, 0.2) is 0 Å². The van der Waals surface area contributed by atoms with Crippen molar-refractivity contribution >= 4 is 15.9 Å². The number of benzene rings is 1. The van der Waals surface area contributed by atoms with Gasteiger partial charge in [-0.2, -0.15) is 0 Å². The standard InChI is InChI=1S/C16H23BrFNO/c1-2-12-5-7-16(20,8-6-12)11-19-10-13-3-4-14(17)15(18)9-13/h3-4,9,12,19-20H,2,5-8,10-11H2,1H3. The van der Waals surface area contributed by atoms with Crippen LogP contribution in [0.15, 0.2) is 22.7 Å². The highest BCUT2D eigenvalue weighted by atomic mass is 79.9. The van der Waals surface area contributed by atoms with E-state index in [2.05, 4.69) is 28.2 Å². The van der Waals surface area contributed by atoms with Crippen molar-refractivity contribution < 1.29 is 9.50 Å². The number of aliphatic hydroxyl groups is 1. The van der Waals surface area contributed by atoms with Gasteiger partial charge in [-0.3, -0.25) is 0 Å². The Morgan fingerprint density at radius 1 is 1.40 bits per heavy atom. The number of rotatable bonds is 5. The lowest BCUT2D eigenvalue weighted by molar-refractivity contribution is -0.00881. The van der Waals surface area contributed by atoms with E-state index >= 15 is 0 Å². The van der Waals surface area contributed by atoms with Crippen molar-refractivity contribution in [3.05, 3.63) is 34.1 Å². The largest absolute Gasteiger partial charge is 0.389 e. The number of hydrogen-bond donors (Lipinski definition) is 2. The molecule has 0 heterocycles. The zero-order chi connectivity index (χ0) is 14.6. The second-order valence-electron chi connectivity index (χ2n) is 5.93. The summed E-state index contributed by atoms with van der Waals surface area (Å²) in [5, 5.41) is 13.8. The lowest BCUT2D eigenvalue weighted by Crippen LogP contribution is -2.43. The molecule has 0 spiro atoms. The molecule has 0 saturated heterocycles. The first kappa shape index (κ1) is 15.9. The fourth-order valence-electron chi connectivity index (χ4n) is 2.89. The lowest BCUT2D eigenvalue weighted by atomic mass is 9.78. The van der Waals surface area contributed by atoms with Crippen LogP contribution in [0.25, 0.3) is 0 Å². The number of halogens is 2. The Morgan fingerprint density at radius 3 is 2.70 bits per heavy atom. The third kappa shape index (κ3) is 4.27. The quantitative estimate of drug-likeness (QED) is 0.846. The van der Waals surface area contributed by atoms with Gasteiger partial charge in [0.25, 0.3) is 0 Å². The number of hydrogen-bond acceptors (Lipinski definition) is 2. The molecule has 1 aromatic rings. The number of nitrogens with one attached hydrogen (secondary N) is 1. The molecule has 0 radical (unpaired) electrons. The molecule has 0 aliphatic heterocycles. The molecule has 1 fully saturated rings. The van der Waals surface area contributed by atoms with Gasteiger partial charge in [0.05, 0.1) is 10.1 Å². The van der Waals surface area contributed by atoms with Crippen molar-refractivity contribution in [2.24, 2.45) is 5.92 Å². The van der Waals surface area contributed by atoms with Gasteiger partial charge in [-0.15, -0.1) is 0 Å². The molecule has 1 aromatic carbocycles. The summed E-state index contributed by atoms with van der Waals surface area (Å²) < 4.78 is 13.9. The topological polar surface area (TPSA) is 32.3 Å². The van der Waals surface area contributed by atoms with E-state index in [9.17, 15) is 9.50 Å². The van der Waals surface area contributed by atoms with E-state index in [-0.39, 0.29) is 5.82 Å². The summed E-state index contributed by atoms with van der Waals surface area (Å²) in [6.07, 6.45) is 5.17. The normalized spacial score (nSPS) is 26.7. The van der Waals surface area contributed by atoms with Crippen LogP contribution in [0.1, 0.15) is 44.6 Å². The SMILES string of the molecule is CCC1CCC(O)(CNCc2ccc(Br)c(F)c2)CC1. The minimum atomic E-state index is -0.584. The Labute approximate surface area is 128 Å². The fraction of sp³-hybridized carbons (Fsp3) is 0.625. The summed E-state index contributed by atoms with van der Waals surface area (Å²) in [7, 11) is 0. The van der Waals surface area contributed by atoms with E-state index in [1.807, 2.05) is 6.07 Å². The molecule has 2 nitrogen and oxygen atoms in total. The zero-order valence-corrected chi connectivity index (χ0v) is 13.5. The summed E-state index contributed by atoms with van der Waals surface area (Å²) in [6.45, 7) is 3.39. The monoisotopic (exact) mass is 343 g/mol. The van der Waals surface area contributed by atoms with Gasteiger partial charge in [0.2, 0.25) is 0 Å². The lowest BCUT2D eigenvalue weighted by Gasteiger charge is -2.36. The van der Waals surface area contributed by atoms with Crippen molar-refractivity contribution in [3.8, 4) is 0 Å². The third-order valence-corrected chi connectivity index (χ3v) is 5.02. The third-order valence-electron chi connectivity index (χ3n) is 4.38. The highest BCUT2D eigenvalue weighted by Gasteiger charge is 2.31. The first-order valence-corrected chi connectivity index (χ1v) is 8.19. The summed E-state index contributed by atoms with van der Waals surface area (Å²) in [5.74, 6) is 0.530. The molecular formula is C16H23BrFNO. The molecule has 1 aliphatic rings. The molecule has 1 saturated carbocycles. The van der Waals surface area contributed by atoms with Crippen LogP contribution in [-0.4, -0.2) is 17.3 Å². The second-order valence-corrected chi connectivity index (χ2v) is 6.78. The van der Waals surface area contributed by atoms with Gasteiger partial charge in [0, 0.05) is 13.1 Å². The molecule has 0 unspecified atom stereocenters. The highest BCUT2D eigenvalue weighted by molar-refractivity contribution is 9.10. The van der Waals surface area contributed by atoms with Crippen LogP contribution in [0.5, 0.6) is 0 Å². The van der Waals surface area contributed by atoms with E-state index < -0.39 is 5.60 Å². The smallest absolute Gasteiger partial charge is 0.137 e. The van der Waals surface area contributed by atoms with Crippen molar-refractivity contribution in [1.29, 1.82) is 0 Å². The van der Waals surface area contributed by atoms with Crippen LogP contribution >= 0.6 is 15.9 Å². The van der Waals surface area contributed by atoms with E-state index in [4.69, 9.17) is 0 Å². The Hall–Kier alpha value is -0.450. The molecular weight excluding hydrogens is 321 g/mol. The van der Waals surface area contributed by atoms with E-state index in [1.54, 1.807) is 6.07 Å². The molecule has 20 heavy (non-hydrogen) atoms. The molecule has 0 amide bonds. The van der Waals surface area contributed by atoms with Crippen LogP contribution in [0, 0.1) is 11.7 Å². The van der Waals surface area contributed by atoms with E-state index in [0.717, 1.165) is 37.2 Å². The molecule has 4 heteroatoms. The predicted molar refractivity (Wildman–Crippen MR) is 83.0 cm³/mol. The van der Waals surface area contributed by atoms with Gasteiger partial charge >= 0.3 is 0 Å². The van der Waals surface area contributed by atoms with Crippen molar-refractivity contribution in [1.82, 2.24) is 5.32 Å². The average Bonchev–Trinajstić information content (AvgIpc) is 2.44. The summed E-state index contributed by atoms with van der Waals surface area (Å²) in [6, 6.07) is 5.13. The van der Waals surface area contributed by atoms with Gasteiger partial charge in [-0.05, 0) is 65.2 Å². The van der Waals surface area contributed by atoms with E-state index in [1.165, 1.54) is 12.5 Å². The summed E-state index contributed by atoms with van der Waals surface area (Å²) >= 11 is 3.15. The molecule has 112 valence electrons. The predicted octanol–water partition coefficient (Wildman–Crippen LogP) is 4.01. The van der Waals surface area contributed by atoms with Crippen LogP contribution in [0.3, 0.4) is 0 Å². The molecule has 0 aromatic heterocycles. The Kier molecular flexibility index (Phi) is 5.58. The van der Waals surface area contributed by atoms with Crippen LogP contribution in [-0.2, 0) is 6.54 Å². The molecule has 2 N–H and O–H groups in total. The Morgan fingerprint density at radius 2 is 2.10 bits per heavy atom. The minimum Gasteiger partial charge on any atom is -0.389 e. The van der Waals surface area contributed by atoms with Crippen LogP contribution < -0.4 is 5.32 Å². The van der Waals surface area contributed by atoms with Crippen LogP contribution in [0.4, 0.5) is 4.39 Å². The molecule has 0 atom stereocenters. The molecule has 0 bridgehead atoms. The maximum atomic E-state index is 13.4. The second kappa shape index (κ2) is 7.01. The van der Waals surface area contributed by atoms with Gasteiger partial charge in [-0.25, -0.2) is 4.39 Å². The van der Waals surface area contributed by atoms with Crippen molar-refractivity contribution in [2.45, 2.75) is 51.2 Å². The minimum absolute atomic E-state index is 0.244. The van der Waals surface area contributed by atoms with E-state index in [0.29, 0.717) is 17.6 Å². The average molecular weight is 344 g/mol. The van der Waals surface area contributed by atoms with Gasteiger partial charge in [0.1, 0.15) is 5.82 Å². The maximum absolute atomic E-state index is 13.4. The summed E-state index contributed by atoms with van der Waals surface area (Å²) in [5.41, 5.74) is 0.316. The Bertz CT molecular complexity index is 444. The zero-order valence-electron chi connectivity index (χ0n) is 12.0. The van der Waals surface area contributed by atoms with Gasteiger partial charge in [-0.1, -0.05) is 19.4 Å². The van der Waals surface area contributed by atoms with Crippen LogP contribution in [0.2, 0.25) is 0 Å². The highest BCUT2D eigenvalue weighted by Crippen LogP contribution is 2.33. The maximum Gasteiger partial charge on any atom is 0.137 e.